The Bertz CT molecular complexity index is 995. The number of carbonyl (C=O) groups excluding carboxylic acids is 1. The summed E-state index contributed by atoms with van der Waals surface area (Å²) in [6.45, 7) is 4.57. The smallest absolute Gasteiger partial charge is 0.261 e. The summed E-state index contributed by atoms with van der Waals surface area (Å²) >= 11 is 11.1. The maximum absolute atomic E-state index is 13.4. The van der Waals surface area contributed by atoms with Gasteiger partial charge in [-0.25, -0.2) is 4.98 Å². The first-order valence-corrected chi connectivity index (χ1v) is 11.0. The van der Waals surface area contributed by atoms with Crippen molar-refractivity contribution in [2.75, 3.05) is 44.3 Å². The number of ether oxygens (including phenoxy) is 1. The van der Waals surface area contributed by atoms with Crippen LogP contribution >= 0.6 is 51.3 Å². The molecule has 5 nitrogen and oxygen atoms in total. The van der Waals surface area contributed by atoms with Gasteiger partial charge in [-0.1, -0.05) is 35.1 Å². The predicted octanol–water partition coefficient (Wildman–Crippen LogP) is 5.11. The molecule has 3 aromatic rings. The lowest BCUT2D eigenvalue weighted by Crippen LogP contribution is -2.43. The zero-order valence-electron chi connectivity index (χ0n) is 15.5. The van der Waals surface area contributed by atoms with Crippen LogP contribution < -0.4 is 4.90 Å². The van der Waals surface area contributed by atoms with E-state index >= 15 is 0 Å². The number of fused-ring (bicyclic) bond motifs is 1. The van der Waals surface area contributed by atoms with Crippen LogP contribution in [-0.2, 0) is 4.74 Å². The lowest BCUT2D eigenvalue weighted by Gasteiger charge is -2.29. The molecule has 1 amide bonds. The van der Waals surface area contributed by atoms with Gasteiger partial charge >= 0.3 is 0 Å². The Hall–Kier alpha value is -1.22. The summed E-state index contributed by atoms with van der Waals surface area (Å²) in [6, 6.07) is 13.1. The molecule has 9 heteroatoms. The van der Waals surface area contributed by atoms with Crippen LogP contribution in [-0.4, -0.2) is 55.2 Å². The van der Waals surface area contributed by atoms with Crippen molar-refractivity contribution < 1.29 is 9.53 Å². The second-order valence-corrected chi connectivity index (χ2v) is 8.80. The Morgan fingerprint density at radius 2 is 2.00 bits per heavy atom. The normalized spacial score (nSPS) is 14.6. The van der Waals surface area contributed by atoms with Crippen molar-refractivity contribution in [1.29, 1.82) is 0 Å². The Kier molecular flexibility index (Phi) is 7.90. The fourth-order valence-electron chi connectivity index (χ4n) is 3.13. The minimum atomic E-state index is -0.0640. The molecular weight excluding hydrogens is 497 g/mol. The number of carbonyl (C=O) groups is 1. The molecule has 1 aliphatic rings. The summed E-state index contributed by atoms with van der Waals surface area (Å²) in [7, 11) is 0. The van der Waals surface area contributed by atoms with Gasteiger partial charge in [0.05, 0.1) is 29.0 Å². The summed E-state index contributed by atoms with van der Waals surface area (Å²) in [6.07, 6.45) is 0. The number of aromatic nitrogens is 1. The second kappa shape index (κ2) is 10.2. The van der Waals surface area contributed by atoms with Crippen LogP contribution in [0.1, 0.15) is 10.4 Å². The number of benzene rings is 2. The Morgan fingerprint density at radius 1 is 1.24 bits per heavy atom. The average molecular weight is 517 g/mol. The number of hydrogen-bond donors (Lipinski definition) is 0. The van der Waals surface area contributed by atoms with Crippen LogP contribution in [0.25, 0.3) is 10.2 Å². The van der Waals surface area contributed by atoms with Crippen LogP contribution in [0, 0.1) is 0 Å². The molecule has 0 atom stereocenters. The largest absolute Gasteiger partial charge is 0.379 e. The number of anilines is 1. The molecule has 0 spiro atoms. The topological polar surface area (TPSA) is 45.7 Å². The third kappa shape index (κ3) is 5.29. The monoisotopic (exact) mass is 515 g/mol. The Labute approximate surface area is 193 Å². The maximum atomic E-state index is 13.4. The molecule has 4 rings (SSSR count). The first kappa shape index (κ1) is 22.5. The van der Waals surface area contributed by atoms with Gasteiger partial charge in [-0.15, -0.1) is 12.4 Å². The number of halogens is 3. The highest BCUT2D eigenvalue weighted by molar-refractivity contribution is 9.10. The average Bonchev–Trinajstić information content (AvgIpc) is 3.12. The molecule has 1 aliphatic heterocycles. The molecule has 0 aliphatic carbocycles. The van der Waals surface area contributed by atoms with E-state index in [2.05, 4.69) is 20.8 Å². The van der Waals surface area contributed by atoms with E-state index in [9.17, 15) is 4.79 Å². The van der Waals surface area contributed by atoms with Crippen LogP contribution in [0.4, 0.5) is 5.13 Å². The van der Waals surface area contributed by atoms with Gasteiger partial charge in [0.15, 0.2) is 5.13 Å². The Balaban J connectivity index is 0.00000240. The van der Waals surface area contributed by atoms with E-state index in [4.69, 9.17) is 21.3 Å². The van der Waals surface area contributed by atoms with E-state index in [1.54, 1.807) is 4.90 Å². The molecule has 29 heavy (non-hydrogen) atoms. The van der Waals surface area contributed by atoms with Crippen LogP contribution in [0.3, 0.4) is 0 Å². The Morgan fingerprint density at radius 3 is 2.76 bits per heavy atom. The highest BCUT2D eigenvalue weighted by Gasteiger charge is 2.24. The molecule has 0 unspecified atom stereocenters. The van der Waals surface area contributed by atoms with Crippen LogP contribution in [0.2, 0.25) is 5.02 Å². The van der Waals surface area contributed by atoms with Crippen LogP contribution in [0.15, 0.2) is 46.9 Å². The predicted molar refractivity (Wildman–Crippen MR) is 125 cm³/mol. The van der Waals surface area contributed by atoms with Crippen molar-refractivity contribution in [2.45, 2.75) is 0 Å². The third-order valence-electron chi connectivity index (χ3n) is 4.66. The SMILES string of the molecule is Cl.O=C(c1ccccc1Br)N(CCN1CCOCC1)c1nc2ccc(Cl)cc2s1. The van der Waals surface area contributed by atoms with Crippen molar-refractivity contribution in [1.82, 2.24) is 9.88 Å². The summed E-state index contributed by atoms with van der Waals surface area (Å²) in [4.78, 5) is 22.2. The first-order valence-electron chi connectivity index (χ1n) is 9.04. The minimum Gasteiger partial charge on any atom is -0.379 e. The van der Waals surface area contributed by atoms with Crippen LogP contribution in [0.5, 0.6) is 0 Å². The van der Waals surface area contributed by atoms with Gasteiger partial charge in [0.1, 0.15) is 0 Å². The summed E-state index contributed by atoms with van der Waals surface area (Å²) in [5.74, 6) is -0.0640. The van der Waals surface area contributed by atoms with Crippen molar-refractivity contribution >= 4 is 72.5 Å². The fourth-order valence-corrected chi connectivity index (χ4v) is 4.85. The molecule has 0 saturated carbocycles. The number of nitrogens with zero attached hydrogens (tertiary/aromatic N) is 3. The molecule has 0 radical (unpaired) electrons. The number of rotatable bonds is 5. The van der Waals surface area contributed by atoms with Crippen molar-refractivity contribution in [3.05, 3.63) is 57.5 Å². The summed E-state index contributed by atoms with van der Waals surface area (Å²) in [5, 5.41) is 1.35. The van der Waals surface area contributed by atoms with Gasteiger partial charge in [0.2, 0.25) is 0 Å². The molecular formula is C20H20BrCl2N3O2S. The number of morpholine rings is 1. The van der Waals surface area contributed by atoms with E-state index in [1.165, 1.54) is 11.3 Å². The lowest BCUT2D eigenvalue weighted by atomic mass is 10.2. The standard InChI is InChI=1S/C20H19BrClN3O2S.ClH/c21-16-4-2-1-3-15(16)19(26)25(8-7-24-9-11-27-12-10-24)20-23-17-6-5-14(22)13-18(17)28-20;/h1-6,13H,7-12H2;1H. The van der Waals surface area contributed by atoms with Gasteiger partial charge in [-0.3, -0.25) is 14.6 Å². The van der Waals surface area contributed by atoms with Crippen molar-refractivity contribution in [2.24, 2.45) is 0 Å². The number of thiazole rings is 1. The van der Waals surface area contributed by atoms with E-state index < -0.39 is 0 Å². The fraction of sp³-hybridized carbons (Fsp3) is 0.300. The van der Waals surface area contributed by atoms with E-state index in [0.29, 0.717) is 22.3 Å². The quantitative estimate of drug-likeness (QED) is 0.472. The number of amides is 1. The first-order chi connectivity index (χ1) is 13.6. The molecule has 2 aromatic carbocycles. The molecule has 1 fully saturated rings. The van der Waals surface area contributed by atoms with Gasteiger partial charge in [-0.2, -0.15) is 0 Å². The highest BCUT2D eigenvalue weighted by atomic mass is 79.9. The van der Waals surface area contributed by atoms with E-state index in [0.717, 1.165) is 47.5 Å². The second-order valence-electron chi connectivity index (χ2n) is 6.50. The zero-order valence-corrected chi connectivity index (χ0v) is 19.5. The molecule has 154 valence electrons. The van der Waals surface area contributed by atoms with Gasteiger partial charge in [-0.05, 0) is 46.3 Å². The molecule has 2 heterocycles. The third-order valence-corrected chi connectivity index (χ3v) is 6.63. The molecule has 0 N–H and O–H groups in total. The lowest BCUT2D eigenvalue weighted by molar-refractivity contribution is 0.0391. The maximum Gasteiger partial charge on any atom is 0.261 e. The highest BCUT2D eigenvalue weighted by Crippen LogP contribution is 2.32. The minimum absolute atomic E-state index is 0. The summed E-state index contributed by atoms with van der Waals surface area (Å²) < 4.78 is 7.17. The zero-order chi connectivity index (χ0) is 19.5. The van der Waals surface area contributed by atoms with Gasteiger partial charge < -0.3 is 4.74 Å². The molecule has 0 bridgehead atoms. The van der Waals surface area contributed by atoms with E-state index in [1.807, 2.05) is 42.5 Å². The van der Waals surface area contributed by atoms with Gasteiger partial charge in [0, 0.05) is 35.7 Å². The van der Waals surface area contributed by atoms with Crippen molar-refractivity contribution in [3.63, 3.8) is 0 Å². The van der Waals surface area contributed by atoms with Gasteiger partial charge in [0.25, 0.3) is 5.91 Å². The molecule has 1 saturated heterocycles. The van der Waals surface area contributed by atoms with Crippen molar-refractivity contribution in [3.8, 4) is 0 Å². The number of hydrogen-bond acceptors (Lipinski definition) is 5. The molecule has 1 aromatic heterocycles. The van der Waals surface area contributed by atoms with E-state index in [-0.39, 0.29) is 18.3 Å². The summed E-state index contributed by atoms with van der Waals surface area (Å²) in [5.41, 5.74) is 1.47.